The molecule has 0 radical (unpaired) electrons. The van der Waals surface area contributed by atoms with Gasteiger partial charge in [-0.1, -0.05) is 25.0 Å². The molecule has 0 bridgehead atoms. The van der Waals surface area contributed by atoms with Crippen molar-refractivity contribution in [1.29, 1.82) is 0 Å². The Labute approximate surface area is 110 Å². The van der Waals surface area contributed by atoms with E-state index < -0.39 is 0 Å². The quantitative estimate of drug-likeness (QED) is 0.834. The van der Waals surface area contributed by atoms with E-state index in [9.17, 15) is 4.39 Å². The van der Waals surface area contributed by atoms with Crippen LogP contribution in [0.4, 0.5) is 4.39 Å². The Kier molecular flexibility index (Phi) is 4.76. The zero-order valence-electron chi connectivity index (χ0n) is 11.5. The second-order valence-electron chi connectivity index (χ2n) is 5.73. The van der Waals surface area contributed by atoms with E-state index in [1.807, 2.05) is 12.1 Å². The lowest BCUT2D eigenvalue weighted by molar-refractivity contribution is 0.348. The second kappa shape index (κ2) is 6.33. The van der Waals surface area contributed by atoms with Gasteiger partial charge in [-0.05, 0) is 56.7 Å². The molecular weight excluding hydrogens is 225 g/mol. The molecule has 1 nitrogen and oxygen atoms in total. The first-order chi connectivity index (χ1) is 8.65. The van der Waals surface area contributed by atoms with Gasteiger partial charge < -0.3 is 5.32 Å². The van der Waals surface area contributed by atoms with E-state index in [0.29, 0.717) is 12.1 Å². The lowest BCUT2D eigenvalue weighted by atomic mass is 9.98. The Bertz CT molecular complexity index is 354. The molecule has 0 aliphatic heterocycles. The van der Waals surface area contributed by atoms with Crippen LogP contribution in [0.15, 0.2) is 24.3 Å². The van der Waals surface area contributed by atoms with Crippen LogP contribution in [0.2, 0.25) is 0 Å². The average molecular weight is 249 g/mol. The van der Waals surface area contributed by atoms with Gasteiger partial charge >= 0.3 is 0 Å². The zero-order chi connectivity index (χ0) is 13.0. The Hall–Kier alpha value is -0.890. The molecule has 1 unspecified atom stereocenters. The highest BCUT2D eigenvalue weighted by atomic mass is 19.1. The molecule has 0 saturated heterocycles. The number of nitrogens with one attached hydrogen (secondary N) is 1. The summed E-state index contributed by atoms with van der Waals surface area (Å²) in [7, 11) is 0. The monoisotopic (exact) mass is 249 g/mol. The molecule has 0 amide bonds. The Morgan fingerprint density at radius 3 is 2.39 bits per heavy atom. The smallest absolute Gasteiger partial charge is 0.123 e. The topological polar surface area (TPSA) is 12.0 Å². The first-order valence-corrected chi connectivity index (χ1v) is 7.15. The molecule has 2 heteroatoms. The molecule has 1 aromatic carbocycles. The Morgan fingerprint density at radius 1 is 1.17 bits per heavy atom. The van der Waals surface area contributed by atoms with Crippen molar-refractivity contribution in [1.82, 2.24) is 5.32 Å². The average Bonchev–Trinajstić information content (AvgIpc) is 2.85. The minimum Gasteiger partial charge on any atom is -0.311 e. The summed E-state index contributed by atoms with van der Waals surface area (Å²) >= 11 is 0. The van der Waals surface area contributed by atoms with Gasteiger partial charge in [-0.15, -0.1) is 0 Å². The van der Waals surface area contributed by atoms with E-state index in [-0.39, 0.29) is 5.82 Å². The van der Waals surface area contributed by atoms with Crippen LogP contribution in [-0.4, -0.2) is 12.1 Å². The zero-order valence-corrected chi connectivity index (χ0v) is 11.5. The van der Waals surface area contributed by atoms with Crippen LogP contribution in [-0.2, 0) is 6.42 Å². The van der Waals surface area contributed by atoms with Crippen molar-refractivity contribution in [3.63, 3.8) is 0 Å². The third-order valence-corrected chi connectivity index (χ3v) is 4.11. The maximum Gasteiger partial charge on any atom is 0.123 e. The van der Waals surface area contributed by atoms with Gasteiger partial charge in [0.2, 0.25) is 0 Å². The molecule has 0 aromatic heterocycles. The molecule has 1 fully saturated rings. The fourth-order valence-electron chi connectivity index (χ4n) is 3.08. The van der Waals surface area contributed by atoms with Crippen LogP contribution in [0, 0.1) is 11.7 Å². The third kappa shape index (κ3) is 3.81. The van der Waals surface area contributed by atoms with Crippen LogP contribution in [0.25, 0.3) is 0 Å². The van der Waals surface area contributed by atoms with Gasteiger partial charge in [-0.25, -0.2) is 4.39 Å². The molecule has 1 N–H and O–H groups in total. The predicted octanol–water partition coefficient (Wildman–Crippen LogP) is 3.93. The van der Waals surface area contributed by atoms with Crippen molar-refractivity contribution in [2.24, 2.45) is 5.92 Å². The summed E-state index contributed by atoms with van der Waals surface area (Å²) < 4.78 is 12.8. The maximum absolute atomic E-state index is 12.8. The van der Waals surface area contributed by atoms with E-state index in [1.54, 1.807) is 12.1 Å². The molecule has 2 atom stereocenters. The highest BCUT2D eigenvalue weighted by Gasteiger charge is 2.22. The van der Waals surface area contributed by atoms with E-state index in [1.165, 1.54) is 31.2 Å². The van der Waals surface area contributed by atoms with Gasteiger partial charge in [0, 0.05) is 12.1 Å². The van der Waals surface area contributed by atoms with E-state index in [0.717, 1.165) is 12.3 Å². The van der Waals surface area contributed by atoms with Crippen molar-refractivity contribution >= 4 is 0 Å². The summed E-state index contributed by atoms with van der Waals surface area (Å²) in [6, 6.07) is 7.90. The number of hydrogen-bond acceptors (Lipinski definition) is 1. The SMILES string of the molecule is CC(Cc1ccc(F)cc1)N[C@@H](C)C1CCCC1. The summed E-state index contributed by atoms with van der Waals surface area (Å²) in [6.45, 7) is 4.52. The highest BCUT2D eigenvalue weighted by molar-refractivity contribution is 5.17. The highest BCUT2D eigenvalue weighted by Crippen LogP contribution is 2.27. The van der Waals surface area contributed by atoms with E-state index in [2.05, 4.69) is 19.2 Å². The molecule has 1 aliphatic carbocycles. The van der Waals surface area contributed by atoms with Crippen LogP contribution in [0.1, 0.15) is 45.1 Å². The van der Waals surface area contributed by atoms with Gasteiger partial charge in [0.1, 0.15) is 5.82 Å². The van der Waals surface area contributed by atoms with Crippen LogP contribution >= 0.6 is 0 Å². The predicted molar refractivity (Wildman–Crippen MR) is 74.1 cm³/mol. The summed E-state index contributed by atoms with van der Waals surface area (Å²) in [5.74, 6) is 0.694. The van der Waals surface area contributed by atoms with Gasteiger partial charge in [0.05, 0.1) is 0 Å². The first kappa shape index (κ1) is 13.5. The fraction of sp³-hybridized carbons (Fsp3) is 0.625. The van der Waals surface area contributed by atoms with Crippen LogP contribution in [0.5, 0.6) is 0 Å². The van der Waals surface area contributed by atoms with E-state index in [4.69, 9.17) is 0 Å². The molecular formula is C16H24FN. The number of hydrogen-bond donors (Lipinski definition) is 1. The molecule has 1 aliphatic rings. The molecule has 1 aromatic rings. The van der Waals surface area contributed by atoms with E-state index >= 15 is 0 Å². The Morgan fingerprint density at radius 2 is 1.78 bits per heavy atom. The lowest BCUT2D eigenvalue weighted by Crippen LogP contribution is -2.39. The number of halogens is 1. The van der Waals surface area contributed by atoms with Gasteiger partial charge in [0.25, 0.3) is 0 Å². The van der Waals surface area contributed by atoms with Gasteiger partial charge in [0.15, 0.2) is 0 Å². The lowest BCUT2D eigenvalue weighted by Gasteiger charge is -2.25. The molecule has 100 valence electrons. The van der Waals surface area contributed by atoms with Crippen LogP contribution in [0.3, 0.4) is 0 Å². The van der Waals surface area contributed by atoms with Crippen molar-refractivity contribution in [3.05, 3.63) is 35.6 Å². The summed E-state index contributed by atoms with van der Waals surface area (Å²) in [6.07, 6.45) is 6.50. The standard InChI is InChI=1S/C16H24FN/c1-12(11-14-7-9-16(17)10-8-14)18-13(2)15-5-3-4-6-15/h7-10,12-13,15,18H,3-6,11H2,1-2H3/t12?,13-/m0/s1. The van der Waals surface area contributed by atoms with Crippen LogP contribution < -0.4 is 5.32 Å². The second-order valence-corrected chi connectivity index (χ2v) is 5.73. The molecule has 1 saturated carbocycles. The summed E-state index contributed by atoms with van der Waals surface area (Å²) in [5.41, 5.74) is 1.20. The Balaban J connectivity index is 1.80. The maximum atomic E-state index is 12.8. The summed E-state index contributed by atoms with van der Waals surface area (Å²) in [4.78, 5) is 0. The largest absolute Gasteiger partial charge is 0.311 e. The fourth-order valence-corrected chi connectivity index (χ4v) is 3.08. The van der Waals surface area contributed by atoms with Crippen molar-refractivity contribution in [3.8, 4) is 0 Å². The molecule has 0 heterocycles. The number of benzene rings is 1. The van der Waals surface area contributed by atoms with Crippen molar-refractivity contribution < 1.29 is 4.39 Å². The first-order valence-electron chi connectivity index (χ1n) is 7.15. The van der Waals surface area contributed by atoms with Gasteiger partial charge in [-0.3, -0.25) is 0 Å². The minimum absolute atomic E-state index is 0.154. The minimum atomic E-state index is -0.154. The third-order valence-electron chi connectivity index (χ3n) is 4.11. The molecule has 18 heavy (non-hydrogen) atoms. The number of rotatable bonds is 5. The summed E-state index contributed by atoms with van der Waals surface area (Å²) in [5, 5.41) is 3.69. The van der Waals surface area contributed by atoms with Crippen molar-refractivity contribution in [2.45, 2.75) is 58.0 Å². The molecule has 0 spiro atoms. The normalized spacial score (nSPS) is 19.9. The van der Waals surface area contributed by atoms with Crippen molar-refractivity contribution in [2.75, 3.05) is 0 Å². The van der Waals surface area contributed by atoms with Gasteiger partial charge in [-0.2, -0.15) is 0 Å². The molecule has 2 rings (SSSR count).